The normalized spacial score (nSPS) is 10.8. The third-order valence-corrected chi connectivity index (χ3v) is 3.68. The molecule has 21 heavy (non-hydrogen) atoms. The molecule has 0 fully saturated rings. The molecule has 0 saturated heterocycles. The van der Waals surface area contributed by atoms with E-state index in [0.29, 0.717) is 11.1 Å². The molecule has 3 rings (SSSR count). The van der Waals surface area contributed by atoms with Gasteiger partial charge in [0.15, 0.2) is 0 Å². The van der Waals surface area contributed by atoms with E-state index in [-0.39, 0.29) is 5.91 Å². The van der Waals surface area contributed by atoms with E-state index in [9.17, 15) is 4.79 Å². The summed E-state index contributed by atoms with van der Waals surface area (Å²) in [6, 6.07) is 13.2. The van der Waals surface area contributed by atoms with Gasteiger partial charge in [-0.05, 0) is 31.2 Å². The van der Waals surface area contributed by atoms with Gasteiger partial charge in [0.2, 0.25) is 0 Å². The summed E-state index contributed by atoms with van der Waals surface area (Å²) < 4.78 is 2.69. The molecule has 1 N–H and O–H groups in total. The van der Waals surface area contributed by atoms with Crippen LogP contribution in [-0.2, 0) is 6.54 Å². The number of rotatable bonds is 3. The smallest absolute Gasteiger partial charge is 0.257 e. The van der Waals surface area contributed by atoms with Crippen molar-refractivity contribution in [2.45, 2.75) is 13.5 Å². The van der Waals surface area contributed by atoms with E-state index in [1.807, 2.05) is 54.2 Å². The van der Waals surface area contributed by atoms with Crippen LogP contribution in [0, 0.1) is 0 Å². The van der Waals surface area contributed by atoms with Crippen molar-refractivity contribution >= 4 is 38.4 Å². The Bertz CT molecular complexity index is 796. The van der Waals surface area contributed by atoms with Crippen LogP contribution in [0.4, 0.5) is 5.69 Å². The maximum Gasteiger partial charge on any atom is 0.257 e. The number of nitrogens with zero attached hydrogens (tertiary/aromatic N) is 2. The molecule has 0 unspecified atom stereocenters. The Kier molecular flexibility index (Phi) is 3.75. The third-order valence-electron chi connectivity index (χ3n) is 3.22. The Labute approximate surface area is 130 Å². The maximum absolute atomic E-state index is 12.5. The van der Waals surface area contributed by atoms with Gasteiger partial charge in [-0.2, -0.15) is 5.10 Å². The zero-order valence-electron chi connectivity index (χ0n) is 11.5. The SMILES string of the molecule is CCn1cc2cc(Br)cc(C(=O)Nc3ccccc3)c2n1. The van der Waals surface area contributed by atoms with Crippen molar-refractivity contribution in [3.63, 3.8) is 0 Å². The van der Waals surface area contributed by atoms with Gasteiger partial charge in [-0.15, -0.1) is 0 Å². The number of benzene rings is 2. The molecule has 2 aromatic carbocycles. The van der Waals surface area contributed by atoms with Gasteiger partial charge in [0.1, 0.15) is 5.52 Å². The molecule has 0 spiro atoms. The zero-order chi connectivity index (χ0) is 14.8. The summed E-state index contributed by atoms with van der Waals surface area (Å²) in [6.45, 7) is 2.79. The molecule has 1 amide bonds. The van der Waals surface area contributed by atoms with Crippen molar-refractivity contribution in [3.8, 4) is 0 Å². The van der Waals surface area contributed by atoms with Gasteiger partial charge < -0.3 is 5.32 Å². The first-order valence-corrected chi connectivity index (χ1v) is 7.50. The van der Waals surface area contributed by atoms with Crippen molar-refractivity contribution in [1.82, 2.24) is 9.78 Å². The van der Waals surface area contributed by atoms with Gasteiger partial charge in [-0.3, -0.25) is 9.48 Å². The highest BCUT2D eigenvalue weighted by Gasteiger charge is 2.14. The molecule has 0 radical (unpaired) electrons. The first kappa shape index (κ1) is 13.8. The Morgan fingerprint density at radius 3 is 2.76 bits per heavy atom. The van der Waals surface area contributed by atoms with Crippen LogP contribution in [0.25, 0.3) is 10.9 Å². The van der Waals surface area contributed by atoms with E-state index < -0.39 is 0 Å². The number of nitrogens with one attached hydrogen (secondary N) is 1. The van der Waals surface area contributed by atoms with E-state index in [1.54, 1.807) is 6.07 Å². The second kappa shape index (κ2) is 5.69. The molecule has 0 bridgehead atoms. The fraction of sp³-hybridized carbons (Fsp3) is 0.125. The number of carbonyl (C=O) groups excluding carboxylic acids is 1. The highest BCUT2D eigenvalue weighted by molar-refractivity contribution is 9.10. The molecule has 5 heteroatoms. The van der Waals surface area contributed by atoms with Crippen molar-refractivity contribution < 1.29 is 4.79 Å². The van der Waals surface area contributed by atoms with Crippen LogP contribution in [-0.4, -0.2) is 15.7 Å². The summed E-state index contributed by atoms with van der Waals surface area (Å²) >= 11 is 3.45. The molecular weight excluding hydrogens is 330 g/mol. The Hall–Kier alpha value is -2.14. The molecule has 0 aliphatic carbocycles. The molecular formula is C16H14BrN3O. The number of carbonyl (C=O) groups is 1. The molecule has 0 aliphatic rings. The zero-order valence-corrected chi connectivity index (χ0v) is 13.1. The number of para-hydroxylation sites is 1. The number of amides is 1. The Morgan fingerprint density at radius 1 is 1.29 bits per heavy atom. The lowest BCUT2D eigenvalue weighted by Crippen LogP contribution is -2.12. The fourth-order valence-corrected chi connectivity index (χ4v) is 2.68. The van der Waals surface area contributed by atoms with E-state index >= 15 is 0 Å². The van der Waals surface area contributed by atoms with Crippen LogP contribution in [0.2, 0.25) is 0 Å². The standard InChI is InChI=1S/C16H14BrN3O/c1-2-20-10-11-8-12(17)9-14(15(11)19-20)16(21)18-13-6-4-3-5-7-13/h3-10H,2H2,1H3,(H,18,21). The number of fused-ring (bicyclic) bond motifs is 1. The van der Waals surface area contributed by atoms with Gasteiger partial charge in [-0.1, -0.05) is 34.1 Å². The number of anilines is 1. The lowest BCUT2D eigenvalue weighted by atomic mass is 10.1. The molecule has 0 saturated carbocycles. The summed E-state index contributed by atoms with van der Waals surface area (Å²) in [6.07, 6.45) is 1.94. The largest absolute Gasteiger partial charge is 0.322 e. The molecule has 1 heterocycles. The summed E-state index contributed by atoms with van der Waals surface area (Å²) in [5.74, 6) is -0.158. The average Bonchev–Trinajstić information content (AvgIpc) is 2.90. The van der Waals surface area contributed by atoms with Crippen molar-refractivity contribution in [2.75, 3.05) is 5.32 Å². The first-order valence-electron chi connectivity index (χ1n) is 6.70. The lowest BCUT2D eigenvalue weighted by Gasteiger charge is -2.06. The lowest BCUT2D eigenvalue weighted by molar-refractivity contribution is 0.102. The summed E-state index contributed by atoms with van der Waals surface area (Å²) in [7, 11) is 0. The van der Waals surface area contributed by atoms with Gasteiger partial charge >= 0.3 is 0 Å². The molecule has 0 aliphatic heterocycles. The van der Waals surface area contributed by atoms with Crippen molar-refractivity contribution in [2.24, 2.45) is 0 Å². The van der Waals surface area contributed by atoms with Crippen LogP contribution < -0.4 is 5.32 Å². The quantitative estimate of drug-likeness (QED) is 0.779. The van der Waals surface area contributed by atoms with Crippen LogP contribution >= 0.6 is 15.9 Å². The number of hydrogen-bond acceptors (Lipinski definition) is 2. The van der Waals surface area contributed by atoms with Gasteiger partial charge in [0.05, 0.1) is 5.56 Å². The van der Waals surface area contributed by atoms with Gasteiger partial charge in [-0.25, -0.2) is 0 Å². The Balaban J connectivity index is 2.02. The number of hydrogen-bond donors (Lipinski definition) is 1. The monoisotopic (exact) mass is 343 g/mol. The topological polar surface area (TPSA) is 46.9 Å². The predicted octanol–water partition coefficient (Wildman–Crippen LogP) is 4.07. The number of aryl methyl sites for hydroxylation is 1. The first-order chi connectivity index (χ1) is 10.2. The van der Waals surface area contributed by atoms with E-state index in [2.05, 4.69) is 26.3 Å². The summed E-state index contributed by atoms with van der Waals surface area (Å²) in [5, 5.41) is 8.31. The Morgan fingerprint density at radius 2 is 2.05 bits per heavy atom. The van der Waals surface area contributed by atoms with E-state index in [4.69, 9.17) is 0 Å². The molecule has 3 aromatic rings. The van der Waals surface area contributed by atoms with Crippen LogP contribution in [0.5, 0.6) is 0 Å². The van der Waals surface area contributed by atoms with Crippen LogP contribution in [0.1, 0.15) is 17.3 Å². The highest BCUT2D eigenvalue weighted by atomic mass is 79.9. The second-order valence-electron chi connectivity index (χ2n) is 4.70. The number of halogens is 1. The average molecular weight is 344 g/mol. The summed E-state index contributed by atoms with van der Waals surface area (Å²) in [5.41, 5.74) is 2.05. The van der Waals surface area contributed by atoms with Gasteiger partial charge in [0.25, 0.3) is 5.91 Å². The molecule has 106 valence electrons. The van der Waals surface area contributed by atoms with E-state index in [1.165, 1.54) is 0 Å². The minimum absolute atomic E-state index is 0.158. The van der Waals surface area contributed by atoms with E-state index in [0.717, 1.165) is 22.1 Å². The minimum Gasteiger partial charge on any atom is -0.322 e. The minimum atomic E-state index is -0.158. The highest BCUT2D eigenvalue weighted by Crippen LogP contribution is 2.24. The maximum atomic E-state index is 12.5. The van der Waals surface area contributed by atoms with Crippen LogP contribution in [0.3, 0.4) is 0 Å². The molecule has 4 nitrogen and oxygen atoms in total. The molecule has 0 atom stereocenters. The third kappa shape index (κ3) is 2.83. The predicted molar refractivity (Wildman–Crippen MR) is 87.5 cm³/mol. The molecule has 1 aromatic heterocycles. The fourth-order valence-electron chi connectivity index (χ4n) is 2.20. The van der Waals surface area contributed by atoms with Crippen molar-refractivity contribution in [1.29, 1.82) is 0 Å². The van der Waals surface area contributed by atoms with Gasteiger partial charge in [0, 0.05) is 28.3 Å². The summed E-state index contributed by atoms with van der Waals surface area (Å²) in [4.78, 5) is 12.5. The van der Waals surface area contributed by atoms with Crippen molar-refractivity contribution in [3.05, 3.63) is 58.7 Å². The number of aromatic nitrogens is 2. The second-order valence-corrected chi connectivity index (χ2v) is 5.61. The van der Waals surface area contributed by atoms with Crippen LogP contribution in [0.15, 0.2) is 53.1 Å².